The number of likely N-dealkylation sites (tertiary alicyclic amines) is 1. The van der Waals surface area contributed by atoms with Crippen molar-refractivity contribution in [3.63, 3.8) is 0 Å². The van der Waals surface area contributed by atoms with Gasteiger partial charge in [-0.05, 0) is 44.2 Å². The molecule has 0 bridgehead atoms. The zero-order chi connectivity index (χ0) is 21.3. The predicted molar refractivity (Wildman–Crippen MR) is 108 cm³/mol. The molecule has 7 heteroatoms. The first-order valence-electron chi connectivity index (χ1n) is 10.6. The van der Waals surface area contributed by atoms with E-state index >= 15 is 0 Å². The molecule has 30 heavy (non-hydrogen) atoms. The number of hydrogen-bond acceptors (Lipinski definition) is 5. The Bertz CT molecular complexity index is 933. The van der Waals surface area contributed by atoms with E-state index in [0.717, 1.165) is 6.42 Å². The number of amides is 1. The molecule has 0 N–H and O–H groups in total. The van der Waals surface area contributed by atoms with Gasteiger partial charge in [0.1, 0.15) is 17.3 Å². The molecule has 1 amide bonds. The maximum Gasteiger partial charge on any atom is 0.312 e. The van der Waals surface area contributed by atoms with Gasteiger partial charge in [-0.25, -0.2) is 4.39 Å². The Kier molecular flexibility index (Phi) is 5.62. The molecular weight excluding hydrogens is 387 g/mol. The average molecular weight is 414 g/mol. The number of rotatable bonds is 6. The molecule has 1 aromatic carbocycles. The molecule has 160 valence electrons. The zero-order valence-electron chi connectivity index (χ0n) is 17.4. The molecule has 2 heterocycles. The summed E-state index contributed by atoms with van der Waals surface area (Å²) in [7, 11) is 0. The number of ether oxygens (including phenoxy) is 1. The first-order valence-corrected chi connectivity index (χ1v) is 10.6. The largest absolute Gasteiger partial charge is 0.466 e. The molecule has 1 aliphatic carbocycles. The van der Waals surface area contributed by atoms with E-state index in [1.807, 2.05) is 4.90 Å². The lowest BCUT2D eigenvalue weighted by Crippen LogP contribution is -2.48. The van der Waals surface area contributed by atoms with Gasteiger partial charge in [-0.1, -0.05) is 24.2 Å². The van der Waals surface area contributed by atoms with Crippen LogP contribution in [0, 0.1) is 23.1 Å². The number of carbonyl (C=O) groups is 2. The molecule has 2 aromatic rings. The standard InChI is InChI=1S/C23H27FN2O4/c1-3-29-22(28)23(8-10-26(11-9-23)21(27)18-12-15(18)2)14-16-13-20(25-30-16)17-6-4-5-7-19(17)24/h4-7,13,15,18H,3,8-12,14H2,1-2H3/t15-,18-/m0/s1. The molecular formula is C23H27FN2O4. The van der Waals surface area contributed by atoms with Crippen molar-refractivity contribution in [1.29, 1.82) is 0 Å². The summed E-state index contributed by atoms with van der Waals surface area (Å²) in [6, 6.07) is 8.05. The highest BCUT2D eigenvalue weighted by molar-refractivity contribution is 5.82. The summed E-state index contributed by atoms with van der Waals surface area (Å²) in [5, 5.41) is 4.00. The quantitative estimate of drug-likeness (QED) is 0.672. The highest BCUT2D eigenvalue weighted by Crippen LogP contribution is 2.42. The lowest BCUT2D eigenvalue weighted by molar-refractivity contribution is -0.160. The fraction of sp³-hybridized carbons (Fsp3) is 0.522. The Hall–Kier alpha value is -2.70. The molecule has 2 fully saturated rings. The topological polar surface area (TPSA) is 72.6 Å². The molecule has 0 unspecified atom stereocenters. The van der Waals surface area contributed by atoms with Crippen LogP contribution in [0.5, 0.6) is 0 Å². The van der Waals surface area contributed by atoms with Crippen LogP contribution in [-0.2, 0) is 20.7 Å². The van der Waals surface area contributed by atoms with Gasteiger partial charge in [-0.15, -0.1) is 0 Å². The van der Waals surface area contributed by atoms with E-state index in [1.54, 1.807) is 31.2 Å². The second-order valence-electron chi connectivity index (χ2n) is 8.48. The number of piperidine rings is 1. The summed E-state index contributed by atoms with van der Waals surface area (Å²) >= 11 is 0. The third-order valence-electron chi connectivity index (χ3n) is 6.39. The molecule has 0 spiro atoms. The van der Waals surface area contributed by atoms with Crippen molar-refractivity contribution in [3.8, 4) is 11.3 Å². The van der Waals surface area contributed by atoms with Crippen molar-refractivity contribution in [3.05, 3.63) is 41.9 Å². The lowest BCUT2D eigenvalue weighted by Gasteiger charge is -2.39. The van der Waals surface area contributed by atoms with E-state index in [2.05, 4.69) is 12.1 Å². The normalized spacial score (nSPS) is 22.6. The summed E-state index contributed by atoms with van der Waals surface area (Å²) in [6.07, 6.45) is 2.28. The second kappa shape index (κ2) is 8.20. The van der Waals surface area contributed by atoms with Crippen LogP contribution >= 0.6 is 0 Å². The number of hydrogen-bond donors (Lipinski definition) is 0. The van der Waals surface area contributed by atoms with Crippen LogP contribution in [0.3, 0.4) is 0 Å². The lowest BCUT2D eigenvalue weighted by atomic mass is 9.74. The molecule has 6 nitrogen and oxygen atoms in total. The predicted octanol–water partition coefficient (Wildman–Crippen LogP) is 3.85. The first-order chi connectivity index (χ1) is 14.4. The number of aromatic nitrogens is 1. The molecule has 2 aliphatic rings. The third kappa shape index (κ3) is 3.98. The minimum Gasteiger partial charge on any atom is -0.466 e. The van der Waals surface area contributed by atoms with E-state index in [4.69, 9.17) is 9.26 Å². The smallest absolute Gasteiger partial charge is 0.312 e. The van der Waals surface area contributed by atoms with Gasteiger partial charge >= 0.3 is 5.97 Å². The number of nitrogens with zero attached hydrogens (tertiary/aromatic N) is 2. The Morgan fingerprint density at radius 2 is 2.00 bits per heavy atom. The van der Waals surface area contributed by atoms with Crippen LogP contribution in [0.2, 0.25) is 0 Å². The zero-order valence-corrected chi connectivity index (χ0v) is 17.4. The van der Waals surface area contributed by atoms with Crippen molar-refractivity contribution in [2.24, 2.45) is 17.3 Å². The maximum atomic E-state index is 14.1. The SMILES string of the molecule is CCOC(=O)C1(Cc2cc(-c3ccccc3F)no2)CCN(C(=O)[C@H]2C[C@@H]2C)CC1. The number of carbonyl (C=O) groups excluding carboxylic acids is 2. The molecule has 2 atom stereocenters. The van der Waals surface area contributed by atoms with E-state index in [1.165, 1.54) is 6.07 Å². The van der Waals surface area contributed by atoms with Gasteiger partial charge in [-0.2, -0.15) is 0 Å². The Labute approximate surface area is 175 Å². The van der Waals surface area contributed by atoms with Crippen molar-refractivity contribution in [2.45, 2.75) is 39.5 Å². The minimum atomic E-state index is -0.770. The molecule has 1 aliphatic heterocycles. The van der Waals surface area contributed by atoms with Gasteiger partial charge in [0, 0.05) is 37.1 Å². The fourth-order valence-electron chi connectivity index (χ4n) is 4.32. The highest BCUT2D eigenvalue weighted by Gasteiger charge is 2.47. The summed E-state index contributed by atoms with van der Waals surface area (Å²) in [5.41, 5.74) is -0.0114. The fourth-order valence-corrected chi connectivity index (χ4v) is 4.32. The molecule has 1 saturated carbocycles. The van der Waals surface area contributed by atoms with Crippen molar-refractivity contribution in [1.82, 2.24) is 10.1 Å². The van der Waals surface area contributed by atoms with Crippen molar-refractivity contribution in [2.75, 3.05) is 19.7 Å². The minimum absolute atomic E-state index is 0.137. The Morgan fingerprint density at radius 1 is 1.30 bits per heavy atom. The molecule has 1 aromatic heterocycles. The second-order valence-corrected chi connectivity index (χ2v) is 8.48. The van der Waals surface area contributed by atoms with E-state index < -0.39 is 5.41 Å². The van der Waals surface area contributed by atoms with Crippen LogP contribution < -0.4 is 0 Å². The molecule has 4 rings (SSSR count). The highest BCUT2D eigenvalue weighted by atomic mass is 19.1. The summed E-state index contributed by atoms with van der Waals surface area (Å²) in [5.74, 6) is 0.649. The van der Waals surface area contributed by atoms with Crippen molar-refractivity contribution >= 4 is 11.9 Å². The van der Waals surface area contributed by atoms with E-state index in [9.17, 15) is 14.0 Å². The van der Waals surface area contributed by atoms with Gasteiger partial charge in [-0.3, -0.25) is 9.59 Å². The van der Waals surface area contributed by atoms with Gasteiger partial charge in [0.2, 0.25) is 5.91 Å². The number of esters is 1. The molecule has 1 saturated heterocycles. The molecule has 0 radical (unpaired) electrons. The van der Waals surface area contributed by atoms with Gasteiger partial charge in [0.05, 0.1) is 12.0 Å². The van der Waals surface area contributed by atoms with Crippen LogP contribution in [0.15, 0.2) is 34.9 Å². The van der Waals surface area contributed by atoms with Crippen molar-refractivity contribution < 1.29 is 23.2 Å². The van der Waals surface area contributed by atoms with Gasteiger partial charge in [0.15, 0.2) is 0 Å². The van der Waals surface area contributed by atoms with E-state index in [0.29, 0.717) is 61.9 Å². The maximum absolute atomic E-state index is 14.1. The van der Waals surface area contributed by atoms with Crippen LogP contribution in [0.1, 0.15) is 38.9 Å². The van der Waals surface area contributed by atoms with Gasteiger partial charge < -0.3 is 14.2 Å². The Morgan fingerprint density at radius 3 is 2.63 bits per heavy atom. The van der Waals surface area contributed by atoms with Crippen LogP contribution in [0.25, 0.3) is 11.3 Å². The summed E-state index contributed by atoms with van der Waals surface area (Å²) < 4.78 is 24.9. The number of halogens is 1. The monoisotopic (exact) mass is 414 g/mol. The van der Waals surface area contributed by atoms with E-state index in [-0.39, 0.29) is 23.6 Å². The number of benzene rings is 1. The summed E-state index contributed by atoms with van der Waals surface area (Å²) in [4.78, 5) is 27.3. The van der Waals surface area contributed by atoms with Crippen LogP contribution in [-0.4, -0.2) is 41.6 Å². The Balaban J connectivity index is 1.50. The van der Waals surface area contributed by atoms with Gasteiger partial charge in [0.25, 0.3) is 0 Å². The first kappa shape index (κ1) is 20.6. The summed E-state index contributed by atoms with van der Waals surface area (Å²) in [6.45, 7) is 5.21. The van der Waals surface area contributed by atoms with Crippen LogP contribution in [0.4, 0.5) is 4.39 Å². The average Bonchev–Trinajstić information content (AvgIpc) is 3.30. The third-order valence-corrected chi connectivity index (χ3v) is 6.39.